The molecule has 1 atom stereocenters. The summed E-state index contributed by atoms with van der Waals surface area (Å²) in [4.78, 5) is 0. The largest absolute Gasteiger partial charge is 0.484 e. The first-order valence-corrected chi connectivity index (χ1v) is 9.14. The summed E-state index contributed by atoms with van der Waals surface area (Å²) in [7, 11) is -3.54. The van der Waals surface area contributed by atoms with Crippen LogP contribution in [0.15, 0.2) is 18.2 Å². The van der Waals surface area contributed by atoms with Crippen LogP contribution in [0.2, 0.25) is 0 Å². The average Bonchev–Trinajstić information content (AvgIpc) is 2.95. The van der Waals surface area contributed by atoms with Gasteiger partial charge in [-0.2, -0.15) is 13.2 Å². The standard InChI is InChI=1S/C15H20F3NO4S/c1-11-2-3-13(14(6-11)23-10-15(16,17)18)7-19-24(20,21)9-12-4-5-22-8-12/h2-3,6,12,19H,4-5,7-10H2,1H3. The van der Waals surface area contributed by atoms with E-state index in [0.717, 1.165) is 5.56 Å². The van der Waals surface area contributed by atoms with Crippen molar-refractivity contribution in [3.05, 3.63) is 29.3 Å². The highest BCUT2D eigenvalue weighted by Crippen LogP contribution is 2.24. The maximum atomic E-state index is 12.3. The maximum absolute atomic E-state index is 12.3. The van der Waals surface area contributed by atoms with Crippen molar-refractivity contribution in [3.63, 3.8) is 0 Å². The van der Waals surface area contributed by atoms with E-state index < -0.39 is 22.8 Å². The second-order valence-electron chi connectivity index (χ2n) is 5.85. The van der Waals surface area contributed by atoms with Crippen LogP contribution in [0, 0.1) is 12.8 Å². The Bertz CT molecular complexity index is 655. The van der Waals surface area contributed by atoms with E-state index in [2.05, 4.69) is 4.72 Å². The van der Waals surface area contributed by atoms with Crippen molar-refractivity contribution in [2.24, 2.45) is 5.92 Å². The highest BCUT2D eigenvalue weighted by atomic mass is 32.2. The third-order valence-corrected chi connectivity index (χ3v) is 5.07. The SMILES string of the molecule is Cc1ccc(CNS(=O)(=O)CC2CCOC2)c(OCC(F)(F)F)c1. The molecule has 1 heterocycles. The van der Waals surface area contributed by atoms with Gasteiger partial charge in [-0.25, -0.2) is 13.1 Å². The van der Waals surface area contributed by atoms with E-state index in [1.807, 2.05) is 0 Å². The fourth-order valence-corrected chi connectivity index (χ4v) is 3.75. The molecular formula is C15H20F3NO4S. The zero-order valence-electron chi connectivity index (χ0n) is 13.2. The lowest BCUT2D eigenvalue weighted by atomic mass is 10.1. The van der Waals surface area contributed by atoms with E-state index in [9.17, 15) is 21.6 Å². The first-order chi connectivity index (χ1) is 11.1. The molecule has 0 amide bonds. The first-order valence-electron chi connectivity index (χ1n) is 7.49. The highest BCUT2D eigenvalue weighted by Gasteiger charge is 2.29. The molecular weight excluding hydrogens is 347 g/mol. The van der Waals surface area contributed by atoms with Crippen molar-refractivity contribution in [3.8, 4) is 5.75 Å². The van der Waals surface area contributed by atoms with Gasteiger partial charge in [-0.05, 0) is 30.9 Å². The summed E-state index contributed by atoms with van der Waals surface area (Å²) < 4.78 is 73.5. The number of alkyl halides is 3. The van der Waals surface area contributed by atoms with Gasteiger partial charge in [0.25, 0.3) is 0 Å². The number of rotatable bonds is 7. The molecule has 1 fully saturated rings. The summed E-state index contributed by atoms with van der Waals surface area (Å²) in [6, 6.07) is 4.71. The average molecular weight is 367 g/mol. The number of hydrogen-bond donors (Lipinski definition) is 1. The van der Waals surface area contributed by atoms with Crippen molar-refractivity contribution >= 4 is 10.0 Å². The monoisotopic (exact) mass is 367 g/mol. The van der Waals surface area contributed by atoms with Crippen molar-refractivity contribution in [1.82, 2.24) is 4.72 Å². The van der Waals surface area contributed by atoms with E-state index in [4.69, 9.17) is 9.47 Å². The predicted molar refractivity (Wildman–Crippen MR) is 82.3 cm³/mol. The molecule has 1 aromatic rings. The van der Waals surface area contributed by atoms with Gasteiger partial charge < -0.3 is 9.47 Å². The van der Waals surface area contributed by atoms with E-state index in [1.165, 1.54) is 6.07 Å². The summed E-state index contributed by atoms with van der Waals surface area (Å²) >= 11 is 0. The number of nitrogens with one attached hydrogen (secondary N) is 1. The Morgan fingerprint density at radius 2 is 2.12 bits per heavy atom. The van der Waals surface area contributed by atoms with Gasteiger partial charge >= 0.3 is 6.18 Å². The van der Waals surface area contributed by atoms with Crippen LogP contribution in [-0.2, 0) is 21.3 Å². The van der Waals surface area contributed by atoms with Gasteiger partial charge in [-0.15, -0.1) is 0 Å². The van der Waals surface area contributed by atoms with Crippen molar-refractivity contribution in [2.45, 2.75) is 26.1 Å². The Hall–Kier alpha value is -1.32. The lowest BCUT2D eigenvalue weighted by Gasteiger charge is -2.15. The van der Waals surface area contributed by atoms with Gasteiger partial charge in [0.05, 0.1) is 12.4 Å². The summed E-state index contributed by atoms with van der Waals surface area (Å²) in [6.07, 6.45) is -3.77. The molecule has 136 valence electrons. The lowest BCUT2D eigenvalue weighted by Crippen LogP contribution is -2.30. The van der Waals surface area contributed by atoms with Crippen LogP contribution in [0.1, 0.15) is 17.5 Å². The van der Waals surface area contributed by atoms with Gasteiger partial charge in [0.2, 0.25) is 10.0 Å². The van der Waals surface area contributed by atoms with Gasteiger partial charge in [-0.3, -0.25) is 0 Å². The molecule has 1 unspecified atom stereocenters. The normalized spacial score (nSPS) is 18.8. The molecule has 0 aromatic heterocycles. The Morgan fingerprint density at radius 3 is 2.75 bits per heavy atom. The van der Waals surface area contributed by atoms with Gasteiger partial charge in [0.1, 0.15) is 5.75 Å². The van der Waals surface area contributed by atoms with Crippen LogP contribution in [0.4, 0.5) is 13.2 Å². The van der Waals surface area contributed by atoms with Crippen LogP contribution in [0.5, 0.6) is 5.75 Å². The van der Waals surface area contributed by atoms with Gasteiger partial charge in [-0.1, -0.05) is 12.1 Å². The van der Waals surface area contributed by atoms with E-state index in [0.29, 0.717) is 25.2 Å². The molecule has 0 bridgehead atoms. The van der Waals surface area contributed by atoms with Crippen LogP contribution in [0.25, 0.3) is 0 Å². The molecule has 1 aliphatic heterocycles. The number of halogens is 3. The summed E-state index contributed by atoms with van der Waals surface area (Å²) in [5, 5.41) is 0. The Labute approximate surface area is 139 Å². The minimum Gasteiger partial charge on any atom is -0.484 e. The van der Waals surface area contributed by atoms with Gasteiger partial charge in [0, 0.05) is 18.7 Å². The van der Waals surface area contributed by atoms with E-state index in [1.54, 1.807) is 19.1 Å². The molecule has 1 aromatic carbocycles. The summed E-state index contributed by atoms with van der Waals surface area (Å²) in [5.41, 5.74) is 1.08. The predicted octanol–water partition coefficient (Wildman–Crippen LogP) is 2.39. The quantitative estimate of drug-likeness (QED) is 0.804. The molecule has 5 nitrogen and oxygen atoms in total. The van der Waals surface area contributed by atoms with Gasteiger partial charge in [0.15, 0.2) is 6.61 Å². The zero-order chi connectivity index (χ0) is 17.8. The molecule has 9 heteroatoms. The van der Waals surface area contributed by atoms with Crippen molar-refractivity contribution in [2.75, 3.05) is 25.6 Å². The minimum absolute atomic E-state index is 0.0271. The number of hydrogen-bond acceptors (Lipinski definition) is 4. The molecule has 0 spiro atoms. The minimum atomic E-state index is -4.46. The Morgan fingerprint density at radius 1 is 1.38 bits per heavy atom. The van der Waals surface area contributed by atoms with E-state index >= 15 is 0 Å². The smallest absolute Gasteiger partial charge is 0.422 e. The summed E-state index contributed by atoms with van der Waals surface area (Å²) in [5.74, 6) is -0.0851. The lowest BCUT2D eigenvalue weighted by molar-refractivity contribution is -0.153. The molecule has 0 radical (unpaired) electrons. The number of benzene rings is 1. The fraction of sp³-hybridized carbons (Fsp3) is 0.600. The third-order valence-electron chi connectivity index (χ3n) is 3.58. The molecule has 1 N–H and O–H groups in total. The Balaban J connectivity index is 2.00. The highest BCUT2D eigenvalue weighted by molar-refractivity contribution is 7.89. The molecule has 1 saturated heterocycles. The molecule has 24 heavy (non-hydrogen) atoms. The molecule has 0 saturated carbocycles. The first kappa shape index (κ1) is 19.0. The fourth-order valence-electron chi connectivity index (χ4n) is 2.37. The second-order valence-corrected chi connectivity index (χ2v) is 7.70. The number of sulfonamides is 1. The zero-order valence-corrected chi connectivity index (χ0v) is 14.0. The van der Waals surface area contributed by atoms with Crippen LogP contribution in [0.3, 0.4) is 0 Å². The van der Waals surface area contributed by atoms with Crippen LogP contribution < -0.4 is 9.46 Å². The van der Waals surface area contributed by atoms with E-state index in [-0.39, 0.29) is 24.0 Å². The summed E-state index contributed by atoms with van der Waals surface area (Å²) in [6.45, 7) is 1.13. The molecule has 1 aliphatic rings. The number of ether oxygens (including phenoxy) is 2. The maximum Gasteiger partial charge on any atom is 0.422 e. The number of aryl methyl sites for hydroxylation is 1. The topological polar surface area (TPSA) is 64.6 Å². The second kappa shape index (κ2) is 7.71. The van der Waals surface area contributed by atoms with Crippen molar-refractivity contribution in [1.29, 1.82) is 0 Å². The Kier molecular flexibility index (Phi) is 6.11. The molecule has 0 aliphatic carbocycles. The van der Waals surface area contributed by atoms with Crippen LogP contribution in [-0.4, -0.2) is 40.2 Å². The third kappa shape index (κ3) is 6.29. The van der Waals surface area contributed by atoms with Crippen molar-refractivity contribution < 1.29 is 31.1 Å². The van der Waals surface area contributed by atoms with Crippen LogP contribution >= 0.6 is 0 Å². The molecule has 2 rings (SSSR count).